The molecule has 0 aliphatic heterocycles. The minimum Gasteiger partial charge on any atom is -0.460 e. The number of aromatic nitrogens is 2. The molecular weight excluding hydrogens is 340 g/mol. The van der Waals surface area contributed by atoms with Gasteiger partial charge in [0.2, 0.25) is 5.95 Å². The standard InChI is InChI=1S/C21H34N4O2/c1-21(2,3)27-19(26)11-9-7-5-4-6-8-10-14-25-18-13-12-16(22)15-17(18)24-20(25)23/h12-13,15H,4-11,14,22H2,1-3H3,(H2,23,24). The first-order valence-corrected chi connectivity index (χ1v) is 9.99. The van der Waals surface area contributed by atoms with Crippen LogP contribution >= 0.6 is 0 Å². The van der Waals surface area contributed by atoms with Crippen LogP contribution in [0.3, 0.4) is 0 Å². The van der Waals surface area contributed by atoms with Crippen molar-refractivity contribution in [2.24, 2.45) is 0 Å². The third-order valence-corrected chi connectivity index (χ3v) is 4.48. The van der Waals surface area contributed by atoms with E-state index in [1.165, 1.54) is 19.3 Å². The summed E-state index contributed by atoms with van der Waals surface area (Å²) in [5.41, 5.74) is 14.1. The summed E-state index contributed by atoms with van der Waals surface area (Å²) in [6.45, 7) is 6.59. The van der Waals surface area contributed by atoms with Crippen molar-refractivity contribution in [2.75, 3.05) is 11.5 Å². The van der Waals surface area contributed by atoms with E-state index in [4.69, 9.17) is 16.2 Å². The van der Waals surface area contributed by atoms with Crippen LogP contribution in [0.25, 0.3) is 11.0 Å². The number of unbranched alkanes of at least 4 members (excludes halogenated alkanes) is 6. The van der Waals surface area contributed by atoms with E-state index >= 15 is 0 Å². The summed E-state index contributed by atoms with van der Waals surface area (Å²) in [5.74, 6) is 0.465. The zero-order chi connectivity index (χ0) is 19.9. The quantitative estimate of drug-likeness (QED) is 0.358. The number of aryl methyl sites for hydroxylation is 1. The highest BCUT2D eigenvalue weighted by Gasteiger charge is 2.15. The van der Waals surface area contributed by atoms with E-state index in [1.807, 2.05) is 39.0 Å². The van der Waals surface area contributed by atoms with Crippen molar-refractivity contribution in [3.05, 3.63) is 18.2 Å². The molecule has 4 N–H and O–H groups in total. The van der Waals surface area contributed by atoms with Crippen molar-refractivity contribution >= 4 is 28.6 Å². The normalized spacial score (nSPS) is 11.8. The number of nitrogens with two attached hydrogens (primary N) is 2. The van der Waals surface area contributed by atoms with E-state index < -0.39 is 0 Å². The molecule has 0 atom stereocenters. The van der Waals surface area contributed by atoms with Gasteiger partial charge in [0.05, 0.1) is 11.0 Å². The topological polar surface area (TPSA) is 96.2 Å². The van der Waals surface area contributed by atoms with Gasteiger partial charge in [0, 0.05) is 18.7 Å². The predicted molar refractivity (Wildman–Crippen MR) is 111 cm³/mol. The average molecular weight is 375 g/mol. The molecule has 6 nitrogen and oxygen atoms in total. The molecular formula is C21H34N4O2. The molecule has 0 fully saturated rings. The molecule has 150 valence electrons. The van der Waals surface area contributed by atoms with E-state index in [9.17, 15) is 4.79 Å². The largest absolute Gasteiger partial charge is 0.460 e. The number of carbonyl (C=O) groups is 1. The minimum atomic E-state index is -0.381. The van der Waals surface area contributed by atoms with E-state index in [-0.39, 0.29) is 11.6 Å². The van der Waals surface area contributed by atoms with Crippen LogP contribution in [0.1, 0.15) is 72.1 Å². The molecule has 0 aliphatic carbocycles. The summed E-state index contributed by atoms with van der Waals surface area (Å²) in [7, 11) is 0. The monoisotopic (exact) mass is 374 g/mol. The minimum absolute atomic E-state index is 0.0885. The molecule has 0 bridgehead atoms. The zero-order valence-electron chi connectivity index (χ0n) is 17.0. The number of carbonyl (C=O) groups excluding carboxylic acids is 1. The molecule has 2 rings (SSSR count). The maximum atomic E-state index is 11.6. The molecule has 0 spiro atoms. The number of nitrogen functional groups attached to an aromatic ring is 2. The van der Waals surface area contributed by atoms with E-state index in [1.54, 1.807) is 0 Å². The Morgan fingerprint density at radius 2 is 1.67 bits per heavy atom. The van der Waals surface area contributed by atoms with Gasteiger partial charge in [-0.25, -0.2) is 4.98 Å². The molecule has 0 saturated heterocycles. The number of ether oxygens (including phenoxy) is 1. The lowest BCUT2D eigenvalue weighted by Gasteiger charge is -2.19. The lowest BCUT2D eigenvalue weighted by atomic mass is 10.1. The first-order chi connectivity index (χ1) is 12.8. The molecule has 0 aliphatic rings. The van der Waals surface area contributed by atoms with E-state index in [0.717, 1.165) is 43.3 Å². The summed E-state index contributed by atoms with van der Waals surface area (Å²) in [5, 5.41) is 0. The smallest absolute Gasteiger partial charge is 0.306 e. The zero-order valence-corrected chi connectivity index (χ0v) is 17.0. The fraction of sp³-hybridized carbons (Fsp3) is 0.619. The molecule has 6 heteroatoms. The predicted octanol–water partition coefficient (Wildman–Crippen LogP) is 4.66. The van der Waals surface area contributed by atoms with Gasteiger partial charge in [0.15, 0.2) is 0 Å². The van der Waals surface area contributed by atoms with Crippen LogP contribution in [-0.2, 0) is 16.1 Å². The molecule has 0 unspecified atom stereocenters. The lowest BCUT2D eigenvalue weighted by molar-refractivity contribution is -0.154. The number of hydrogen-bond donors (Lipinski definition) is 2. The number of nitrogens with zero attached hydrogens (tertiary/aromatic N) is 2. The molecule has 0 radical (unpaired) electrons. The number of esters is 1. The third-order valence-electron chi connectivity index (χ3n) is 4.48. The fourth-order valence-electron chi connectivity index (χ4n) is 3.22. The van der Waals surface area contributed by atoms with Gasteiger partial charge in [0.1, 0.15) is 5.60 Å². The van der Waals surface area contributed by atoms with Crippen molar-refractivity contribution in [3.63, 3.8) is 0 Å². The van der Waals surface area contributed by atoms with Gasteiger partial charge >= 0.3 is 5.97 Å². The summed E-state index contributed by atoms with van der Waals surface area (Å²) in [6.07, 6.45) is 8.33. The summed E-state index contributed by atoms with van der Waals surface area (Å²) >= 11 is 0. The number of anilines is 2. The summed E-state index contributed by atoms with van der Waals surface area (Å²) < 4.78 is 7.38. The first kappa shape index (κ1) is 21.1. The second kappa shape index (κ2) is 9.62. The Labute approximate surface area is 162 Å². The Hall–Kier alpha value is -2.24. The maximum absolute atomic E-state index is 11.6. The molecule has 2 aromatic rings. The summed E-state index contributed by atoms with van der Waals surface area (Å²) in [6, 6.07) is 5.73. The molecule has 27 heavy (non-hydrogen) atoms. The van der Waals surface area contributed by atoms with Gasteiger partial charge in [-0.2, -0.15) is 0 Å². The highest BCUT2D eigenvalue weighted by atomic mass is 16.6. The van der Waals surface area contributed by atoms with Gasteiger partial charge in [0.25, 0.3) is 0 Å². The van der Waals surface area contributed by atoms with Crippen molar-refractivity contribution in [2.45, 2.75) is 84.3 Å². The molecule has 1 aromatic carbocycles. The van der Waals surface area contributed by atoms with Crippen LogP contribution in [0.15, 0.2) is 18.2 Å². The Morgan fingerprint density at radius 3 is 2.33 bits per heavy atom. The van der Waals surface area contributed by atoms with Gasteiger partial charge in [-0.05, 0) is 51.8 Å². The van der Waals surface area contributed by atoms with Crippen molar-refractivity contribution in [3.8, 4) is 0 Å². The molecule has 0 amide bonds. The second-order valence-electron chi connectivity index (χ2n) is 8.18. The van der Waals surface area contributed by atoms with Crippen LogP contribution < -0.4 is 11.5 Å². The number of benzene rings is 1. The second-order valence-corrected chi connectivity index (χ2v) is 8.18. The number of fused-ring (bicyclic) bond motifs is 1. The Balaban J connectivity index is 1.57. The van der Waals surface area contributed by atoms with Crippen LogP contribution in [0.4, 0.5) is 11.6 Å². The lowest BCUT2D eigenvalue weighted by Crippen LogP contribution is -2.23. The SMILES string of the molecule is CC(C)(C)OC(=O)CCCCCCCCCn1c(N)nc2cc(N)ccc21. The Bertz CT molecular complexity index is 746. The third kappa shape index (κ3) is 7.12. The Kier molecular flexibility index (Phi) is 7.51. The molecule has 0 saturated carbocycles. The van der Waals surface area contributed by atoms with Gasteiger partial charge in [-0.3, -0.25) is 4.79 Å². The van der Waals surface area contributed by atoms with Crippen LogP contribution in [0, 0.1) is 0 Å². The number of rotatable bonds is 10. The van der Waals surface area contributed by atoms with Crippen LogP contribution in [0.5, 0.6) is 0 Å². The van der Waals surface area contributed by atoms with E-state index in [2.05, 4.69) is 9.55 Å². The average Bonchev–Trinajstić information content (AvgIpc) is 2.86. The van der Waals surface area contributed by atoms with Gasteiger partial charge in [-0.15, -0.1) is 0 Å². The highest BCUT2D eigenvalue weighted by Crippen LogP contribution is 2.21. The maximum Gasteiger partial charge on any atom is 0.306 e. The van der Waals surface area contributed by atoms with Crippen molar-refractivity contribution in [1.29, 1.82) is 0 Å². The van der Waals surface area contributed by atoms with Crippen molar-refractivity contribution < 1.29 is 9.53 Å². The van der Waals surface area contributed by atoms with E-state index in [0.29, 0.717) is 18.1 Å². The number of imidazole rings is 1. The molecule has 1 aromatic heterocycles. The summed E-state index contributed by atoms with van der Waals surface area (Å²) in [4.78, 5) is 16.0. The van der Waals surface area contributed by atoms with Gasteiger partial charge < -0.3 is 20.8 Å². The first-order valence-electron chi connectivity index (χ1n) is 9.99. The molecule has 1 heterocycles. The fourth-order valence-corrected chi connectivity index (χ4v) is 3.22. The van der Waals surface area contributed by atoms with Crippen LogP contribution in [0.2, 0.25) is 0 Å². The Morgan fingerprint density at radius 1 is 1.04 bits per heavy atom. The van der Waals surface area contributed by atoms with Gasteiger partial charge in [-0.1, -0.05) is 32.1 Å². The van der Waals surface area contributed by atoms with Crippen molar-refractivity contribution in [1.82, 2.24) is 9.55 Å². The van der Waals surface area contributed by atoms with Crippen LogP contribution in [-0.4, -0.2) is 21.1 Å². The number of hydrogen-bond acceptors (Lipinski definition) is 5. The highest BCUT2D eigenvalue weighted by molar-refractivity contribution is 5.81.